The zero-order valence-electron chi connectivity index (χ0n) is 17.2. The van der Waals surface area contributed by atoms with Crippen molar-refractivity contribution in [2.24, 2.45) is 11.8 Å². The monoisotopic (exact) mass is 312 g/mol. The minimum Gasteiger partial charge on any atom is -1.00 e. The van der Waals surface area contributed by atoms with Gasteiger partial charge in [0, 0.05) is 9.52 Å². The van der Waals surface area contributed by atoms with Crippen molar-refractivity contribution < 1.29 is 40.6 Å². The quantitative estimate of drug-likeness (QED) is 0.605. The smallest absolute Gasteiger partial charge is 1.00 e. The van der Waals surface area contributed by atoms with E-state index in [4.69, 9.17) is 0 Å². The first-order valence-corrected chi connectivity index (χ1v) is 11.2. The molecule has 0 fully saturated rings. The van der Waals surface area contributed by atoms with Crippen LogP contribution in [0.3, 0.4) is 0 Å². The van der Waals surface area contributed by atoms with Gasteiger partial charge >= 0.3 is 37.7 Å². The summed E-state index contributed by atoms with van der Waals surface area (Å²) in [5.41, 5.74) is 7.12. The Balaban J connectivity index is 0.00000144. The van der Waals surface area contributed by atoms with Crippen molar-refractivity contribution in [2.45, 2.75) is 63.5 Å². The van der Waals surface area contributed by atoms with Crippen LogP contribution in [0, 0.1) is 11.8 Å². The predicted molar refractivity (Wildman–Crippen MR) is 96.6 cm³/mol. The normalized spacial score (nSPS) is 28.9. The fourth-order valence-corrected chi connectivity index (χ4v) is 7.12. The van der Waals surface area contributed by atoms with Gasteiger partial charge in [-0.3, -0.25) is 0 Å². The summed E-state index contributed by atoms with van der Waals surface area (Å²) in [7, 11) is 0.0870. The van der Waals surface area contributed by atoms with Crippen LogP contribution in [0.25, 0.3) is 0 Å². The maximum Gasteiger partial charge on any atom is 1.00 e. The summed E-state index contributed by atoms with van der Waals surface area (Å²) in [4.78, 5) is 0. The van der Waals surface area contributed by atoms with Gasteiger partial charge in [-0.1, -0.05) is 47.5 Å². The van der Waals surface area contributed by atoms with Crippen molar-refractivity contribution in [3.05, 3.63) is 46.6 Å². The second-order valence-corrected chi connectivity index (χ2v) is 9.24. The molecule has 0 aromatic carbocycles. The Morgan fingerprint density at radius 1 is 0.739 bits per heavy atom. The molecule has 0 spiro atoms. The second kappa shape index (κ2) is 9.18. The molecule has 23 heavy (non-hydrogen) atoms. The molecule has 0 saturated heterocycles. The number of hydrogen-bond donors (Lipinski definition) is 0. The molecule has 0 aliphatic heterocycles. The van der Waals surface area contributed by atoms with Crippen LogP contribution >= 0.6 is 0 Å². The van der Waals surface area contributed by atoms with E-state index in [1.165, 1.54) is 63.5 Å². The molecular weight excluding hydrogens is 282 g/mol. The molecule has 4 rings (SSSR count). The molecule has 116 valence electrons. The van der Waals surface area contributed by atoms with Crippen LogP contribution in [0.2, 0.25) is 12.1 Å². The molecule has 0 bridgehead atoms. The van der Waals surface area contributed by atoms with E-state index in [1.54, 1.807) is 11.1 Å². The van der Waals surface area contributed by atoms with Crippen LogP contribution < -0.4 is 37.7 Å². The molecule has 2 unspecified atom stereocenters. The summed E-state index contributed by atoms with van der Waals surface area (Å²) >= 11 is 0. The van der Waals surface area contributed by atoms with E-state index in [-0.39, 0.29) is 50.1 Å². The van der Waals surface area contributed by atoms with E-state index < -0.39 is 0 Å². The summed E-state index contributed by atoms with van der Waals surface area (Å²) in [6.45, 7) is 0. The Morgan fingerprint density at radius 3 is 1.65 bits per heavy atom. The molecule has 0 aromatic heterocycles. The summed E-state index contributed by atoms with van der Waals surface area (Å²) in [6.07, 6.45) is 21.3. The minimum atomic E-state index is 0. The summed E-state index contributed by atoms with van der Waals surface area (Å²) in [5.74, 6) is 1.72. The van der Waals surface area contributed by atoms with Crippen molar-refractivity contribution in [3.8, 4) is 0 Å². The van der Waals surface area contributed by atoms with Gasteiger partial charge in [-0.25, -0.2) is 0 Å². The van der Waals surface area contributed by atoms with Gasteiger partial charge in [0.15, 0.2) is 0 Å². The van der Waals surface area contributed by atoms with Crippen molar-refractivity contribution in [1.82, 2.24) is 0 Å². The number of allylic oxidation sites excluding steroid dienone is 8. The molecule has 4 aliphatic carbocycles. The van der Waals surface area contributed by atoms with Crippen molar-refractivity contribution in [1.29, 1.82) is 0 Å². The first-order valence-electron chi connectivity index (χ1n) is 9.22. The SMILES string of the molecule is C1=CC(C[SiH2]CC2C=CC3=C2CCCC3)C2=C1CCCC2.[H-].[H-].[Li+].[Li+]. The average molecular weight is 312 g/mol. The Bertz CT molecular complexity index is 504. The zero-order chi connectivity index (χ0) is 14.1. The Kier molecular flexibility index (Phi) is 7.86. The van der Waals surface area contributed by atoms with E-state index in [0.717, 1.165) is 11.8 Å². The van der Waals surface area contributed by atoms with Crippen molar-refractivity contribution in [3.63, 3.8) is 0 Å². The first kappa shape index (κ1) is 19.7. The largest absolute Gasteiger partial charge is 1.00 e. The third-order valence-corrected chi connectivity index (χ3v) is 8.15. The Morgan fingerprint density at radius 2 is 1.17 bits per heavy atom. The van der Waals surface area contributed by atoms with Crippen LogP contribution in [0.1, 0.15) is 54.2 Å². The maximum atomic E-state index is 2.54. The predicted octanol–water partition coefficient (Wildman–Crippen LogP) is -0.662. The molecule has 0 radical (unpaired) electrons. The Labute approximate surface area is 171 Å². The average Bonchev–Trinajstić information content (AvgIpc) is 3.13. The molecule has 3 heteroatoms. The van der Waals surface area contributed by atoms with Gasteiger partial charge < -0.3 is 2.85 Å². The van der Waals surface area contributed by atoms with Crippen LogP contribution in [0.5, 0.6) is 0 Å². The third kappa shape index (κ3) is 4.32. The van der Waals surface area contributed by atoms with Gasteiger partial charge in [-0.05, 0) is 74.3 Å². The summed E-state index contributed by atoms with van der Waals surface area (Å²) in [6, 6.07) is 3.06. The molecule has 0 aromatic rings. The Hall–Kier alpha value is 0.372. The molecule has 0 heterocycles. The van der Waals surface area contributed by atoms with Crippen molar-refractivity contribution in [2.75, 3.05) is 0 Å². The van der Waals surface area contributed by atoms with E-state index in [1.807, 2.05) is 11.1 Å². The van der Waals surface area contributed by atoms with Crippen LogP contribution in [-0.4, -0.2) is 9.52 Å². The van der Waals surface area contributed by atoms with Crippen LogP contribution in [0.15, 0.2) is 46.6 Å². The van der Waals surface area contributed by atoms with Crippen LogP contribution in [0.4, 0.5) is 0 Å². The van der Waals surface area contributed by atoms with Gasteiger partial charge in [-0.2, -0.15) is 0 Å². The minimum absolute atomic E-state index is 0. The van der Waals surface area contributed by atoms with Crippen LogP contribution in [-0.2, 0) is 0 Å². The molecular formula is C20H30Li2Si. The second-order valence-electron chi connectivity index (χ2n) is 7.38. The number of rotatable bonds is 4. The maximum absolute atomic E-state index is 2.54. The standard InChI is InChI=1S/C20H28Si.2Li.2H/c1-3-7-19-15(5-1)9-11-17(19)13-21-14-18-12-10-16-6-2-4-8-20(16)18;;;;/h9-12,17-18H,1-8,13-14,21H2;;;;/q;2*+1;2*-1. The zero-order valence-corrected chi connectivity index (χ0v) is 16.7. The number of hydrogen-bond acceptors (Lipinski definition) is 0. The molecule has 0 nitrogen and oxygen atoms in total. The fourth-order valence-electron chi connectivity index (χ4n) is 4.93. The molecule has 0 N–H and O–H groups in total. The topological polar surface area (TPSA) is 0 Å². The van der Waals surface area contributed by atoms with Gasteiger partial charge in [0.2, 0.25) is 0 Å². The van der Waals surface area contributed by atoms with E-state index in [2.05, 4.69) is 24.3 Å². The van der Waals surface area contributed by atoms with Gasteiger partial charge in [0.05, 0.1) is 0 Å². The molecule has 0 saturated carbocycles. The van der Waals surface area contributed by atoms with Gasteiger partial charge in [0.25, 0.3) is 0 Å². The molecule has 4 aliphatic rings. The summed E-state index contributed by atoms with van der Waals surface area (Å²) < 4.78 is 0. The first-order chi connectivity index (χ1) is 10.4. The third-order valence-electron chi connectivity index (χ3n) is 6.09. The van der Waals surface area contributed by atoms with E-state index in [0.29, 0.717) is 0 Å². The van der Waals surface area contributed by atoms with E-state index >= 15 is 0 Å². The van der Waals surface area contributed by atoms with Gasteiger partial charge in [0.1, 0.15) is 0 Å². The van der Waals surface area contributed by atoms with Crippen molar-refractivity contribution >= 4 is 9.52 Å². The molecule has 2 atom stereocenters. The summed E-state index contributed by atoms with van der Waals surface area (Å²) in [5, 5.41) is 0. The molecule has 0 amide bonds. The fraction of sp³-hybridized carbons (Fsp3) is 0.600. The van der Waals surface area contributed by atoms with E-state index in [9.17, 15) is 0 Å². The van der Waals surface area contributed by atoms with Gasteiger partial charge in [-0.15, -0.1) is 0 Å².